The Kier molecular flexibility index (Phi) is 5.23. The Balaban J connectivity index is 1.79. The summed E-state index contributed by atoms with van der Waals surface area (Å²) in [4.78, 5) is 16.9. The minimum atomic E-state index is -0.455. The highest BCUT2D eigenvalue weighted by atomic mass is 16.5. The van der Waals surface area contributed by atoms with Gasteiger partial charge in [-0.2, -0.15) is 10.1 Å². The Morgan fingerprint density at radius 3 is 2.80 bits per heavy atom. The van der Waals surface area contributed by atoms with Crippen molar-refractivity contribution in [1.82, 2.24) is 25.7 Å². The van der Waals surface area contributed by atoms with Gasteiger partial charge >= 0.3 is 0 Å². The molecule has 3 aromatic rings. The molecule has 0 bridgehead atoms. The number of H-pyrrole nitrogens is 1. The minimum absolute atomic E-state index is 0.151. The number of amides is 1. The zero-order valence-electron chi connectivity index (χ0n) is 14.3. The Labute approximate surface area is 145 Å². The van der Waals surface area contributed by atoms with Crippen molar-refractivity contribution in [3.8, 4) is 0 Å². The maximum Gasteiger partial charge on any atom is 0.226 e. The van der Waals surface area contributed by atoms with E-state index in [2.05, 4.69) is 25.7 Å². The number of hydrogen-bond donors (Lipinski definition) is 2. The van der Waals surface area contributed by atoms with E-state index >= 15 is 0 Å². The molecule has 7 nitrogen and oxygen atoms in total. The van der Waals surface area contributed by atoms with Crippen LogP contribution in [0.4, 0.5) is 0 Å². The number of nitrogens with one attached hydrogen (secondary N) is 2. The third-order valence-corrected chi connectivity index (χ3v) is 3.74. The fourth-order valence-electron chi connectivity index (χ4n) is 2.58. The Morgan fingerprint density at radius 2 is 2.12 bits per heavy atom. The molecule has 0 spiro atoms. The first-order valence-corrected chi connectivity index (χ1v) is 8.33. The molecule has 0 saturated carbocycles. The summed E-state index contributed by atoms with van der Waals surface area (Å²) in [6.07, 6.45) is 1.82. The van der Waals surface area contributed by atoms with E-state index in [-0.39, 0.29) is 12.3 Å². The van der Waals surface area contributed by atoms with Gasteiger partial charge in [0.15, 0.2) is 5.82 Å². The molecule has 0 unspecified atom stereocenters. The molecule has 7 heteroatoms. The topological polar surface area (TPSA) is 96.7 Å². The number of aromatic nitrogens is 4. The van der Waals surface area contributed by atoms with Crippen molar-refractivity contribution in [2.24, 2.45) is 0 Å². The van der Waals surface area contributed by atoms with Crippen molar-refractivity contribution in [3.63, 3.8) is 0 Å². The van der Waals surface area contributed by atoms with Gasteiger partial charge in [0.25, 0.3) is 0 Å². The third-order valence-electron chi connectivity index (χ3n) is 3.74. The van der Waals surface area contributed by atoms with Crippen LogP contribution in [0.5, 0.6) is 0 Å². The Bertz CT molecular complexity index is 825. The second kappa shape index (κ2) is 7.74. The lowest BCUT2D eigenvalue weighted by molar-refractivity contribution is -0.121. The Hall–Kier alpha value is -2.96. The van der Waals surface area contributed by atoms with Crippen LogP contribution in [0.3, 0.4) is 0 Å². The van der Waals surface area contributed by atoms with Crippen LogP contribution in [-0.2, 0) is 17.6 Å². The average Bonchev–Trinajstić information content (AvgIpc) is 3.23. The first-order valence-electron chi connectivity index (χ1n) is 8.33. The molecule has 2 N–H and O–H groups in total. The van der Waals surface area contributed by atoms with Crippen LogP contribution in [0, 0.1) is 6.92 Å². The fraction of sp³-hybridized carbons (Fsp3) is 0.333. The van der Waals surface area contributed by atoms with Crippen molar-refractivity contribution in [2.45, 2.75) is 39.2 Å². The normalized spacial score (nSPS) is 12.1. The average molecular weight is 339 g/mol. The summed E-state index contributed by atoms with van der Waals surface area (Å²) in [7, 11) is 0. The molecule has 0 aliphatic rings. The SMILES string of the molecule is CCCc1nc([C@H](NC(=O)Cc2cc(C)[nH]n2)c2ccccc2)no1. The number of carbonyl (C=O) groups excluding carboxylic acids is 1. The van der Waals surface area contributed by atoms with E-state index in [0.29, 0.717) is 17.4 Å². The maximum absolute atomic E-state index is 12.5. The van der Waals surface area contributed by atoms with E-state index in [1.807, 2.05) is 50.2 Å². The number of aromatic amines is 1. The smallest absolute Gasteiger partial charge is 0.226 e. The third kappa shape index (κ3) is 4.32. The summed E-state index contributed by atoms with van der Waals surface area (Å²) in [5.41, 5.74) is 2.52. The van der Waals surface area contributed by atoms with Crippen LogP contribution >= 0.6 is 0 Å². The highest BCUT2D eigenvalue weighted by Gasteiger charge is 2.22. The van der Waals surface area contributed by atoms with Crippen molar-refractivity contribution < 1.29 is 9.32 Å². The van der Waals surface area contributed by atoms with E-state index < -0.39 is 6.04 Å². The second-order valence-corrected chi connectivity index (χ2v) is 5.93. The fourth-order valence-corrected chi connectivity index (χ4v) is 2.58. The molecular formula is C18H21N5O2. The van der Waals surface area contributed by atoms with Gasteiger partial charge in [-0.3, -0.25) is 9.89 Å². The van der Waals surface area contributed by atoms with E-state index in [1.54, 1.807) is 0 Å². The van der Waals surface area contributed by atoms with Gasteiger partial charge in [0, 0.05) is 12.1 Å². The molecule has 0 radical (unpaired) electrons. The van der Waals surface area contributed by atoms with E-state index in [0.717, 1.165) is 24.1 Å². The molecule has 1 amide bonds. The summed E-state index contributed by atoms with van der Waals surface area (Å²) in [5.74, 6) is 0.888. The van der Waals surface area contributed by atoms with Gasteiger partial charge in [0.05, 0.1) is 12.1 Å². The number of benzene rings is 1. The predicted octanol–water partition coefficient (Wildman–Crippen LogP) is 2.50. The second-order valence-electron chi connectivity index (χ2n) is 5.93. The monoisotopic (exact) mass is 339 g/mol. The molecule has 2 heterocycles. The van der Waals surface area contributed by atoms with Crippen molar-refractivity contribution in [3.05, 3.63) is 65.1 Å². The van der Waals surface area contributed by atoms with Gasteiger partial charge in [-0.05, 0) is 25.0 Å². The molecule has 0 aliphatic heterocycles. The molecule has 0 saturated heterocycles. The number of hydrogen-bond acceptors (Lipinski definition) is 5. The lowest BCUT2D eigenvalue weighted by Gasteiger charge is -2.15. The van der Waals surface area contributed by atoms with Gasteiger partial charge in [-0.1, -0.05) is 42.4 Å². The van der Waals surface area contributed by atoms with E-state index in [1.165, 1.54) is 0 Å². The maximum atomic E-state index is 12.5. The summed E-state index contributed by atoms with van der Waals surface area (Å²) < 4.78 is 5.28. The first kappa shape index (κ1) is 16.9. The summed E-state index contributed by atoms with van der Waals surface area (Å²) in [6.45, 7) is 3.95. The van der Waals surface area contributed by atoms with Gasteiger partial charge in [0.2, 0.25) is 11.8 Å². The molecular weight excluding hydrogens is 318 g/mol. The minimum Gasteiger partial charge on any atom is -0.342 e. The zero-order chi connectivity index (χ0) is 17.6. The Morgan fingerprint density at radius 1 is 1.32 bits per heavy atom. The lowest BCUT2D eigenvalue weighted by atomic mass is 10.1. The molecule has 1 atom stereocenters. The molecule has 0 aliphatic carbocycles. The lowest BCUT2D eigenvalue weighted by Crippen LogP contribution is -2.31. The summed E-state index contributed by atoms with van der Waals surface area (Å²) in [5, 5.41) is 14.0. The highest BCUT2D eigenvalue weighted by molar-refractivity contribution is 5.79. The molecule has 0 fully saturated rings. The van der Waals surface area contributed by atoms with Crippen LogP contribution in [-0.4, -0.2) is 26.2 Å². The standard InChI is InChI=1S/C18H21N5O2/c1-3-7-16-20-18(23-25-16)17(13-8-5-4-6-9-13)19-15(24)11-14-10-12(2)21-22-14/h4-6,8-10,17H,3,7,11H2,1-2H3,(H,19,24)(H,21,22)/t17-/m1/s1. The van der Waals surface area contributed by atoms with Crippen molar-refractivity contribution in [1.29, 1.82) is 0 Å². The van der Waals surface area contributed by atoms with Crippen molar-refractivity contribution >= 4 is 5.91 Å². The molecule has 3 rings (SSSR count). The van der Waals surface area contributed by atoms with Gasteiger partial charge in [0.1, 0.15) is 6.04 Å². The molecule has 2 aromatic heterocycles. The summed E-state index contributed by atoms with van der Waals surface area (Å²) in [6, 6.07) is 11.0. The number of nitrogens with zero attached hydrogens (tertiary/aromatic N) is 3. The summed E-state index contributed by atoms with van der Waals surface area (Å²) >= 11 is 0. The van der Waals surface area contributed by atoms with Crippen LogP contribution in [0.2, 0.25) is 0 Å². The van der Waals surface area contributed by atoms with Gasteiger partial charge in [-0.25, -0.2) is 0 Å². The number of aryl methyl sites for hydroxylation is 2. The predicted molar refractivity (Wildman–Crippen MR) is 91.7 cm³/mol. The van der Waals surface area contributed by atoms with Gasteiger partial charge < -0.3 is 9.84 Å². The van der Waals surface area contributed by atoms with Gasteiger partial charge in [-0.15, -0.1) is 0 Å². The zero-order valence-corrected chi connectivity index (χ0v) is 14.3. The van der Waals surface area contributed by atoms with E-state index in [4.69, 9.17) is 4.52 Å². The first-order chi connectivity index (χ1) is 12.2. The van der Waals surface area contributed by atoms with Crippen molar-refractivity contribution in [2.75, 3.05) is 0 Å². The van der Waals surface area contributed by atoms with Crippen LogP contribution < -0.4 is 5.32 Å². The molecule has 1 aromatic carbocycles. The quantitative estimate of drug-likeness (QED) is 0.689. The van der Waals surface area contributed by atoms with Crippen LogP contribution in [0.15, 0.2) is 40.9 Å². The molecule has 25 heavy (non-hydrogen) atoms. The number of rotatable bonds is 7. The van der Waals surface area contributed by atoms with Crippen LogP contribution in [0.1, 0.15) is 48.1 Å². The largest absolute Gasteiger partial charge is 0.342 e. The van der Waals surface area contributed by atoms with Crippen LogP contribution in [0.25, 0.3) is 0 Å². The number of carbonyl (C=O) groups is 1. The molecule has 130 valence electrons. The highest BCUT2D eigenvalue weighted by Crippen LogP contribution is 2.20. The van der Waals surface area contributed by atoms with E-state index in [9.17, 15) is 4.79 Å².